The predicted molar refractivity (Wildman–Crippen MR) is 136 cm³/mol. The molecule has 1 aliphatic carbocycles. The molecule has 1 heterocycles. The highest BCUT2D eigenvalue weighted by molar-refractivity contribution is 6.33. The van der Waals surface area contributed by atoms with E-state index in [1.54, 1.807) is 36.1 Å². The number of fused-ring (bicyclic) bond motifs is 1. The third-order valence-electron chi connectivity index (χ3n) is 7.00. The Morgan fingerprint density at radius 3 is 2.54 bits per heavy atom. The molecule has 0 spiro atoms. The van der Waals surface area contributed by atoms with Crippen LogP contribution in [0.2, 0.25) is 5.02 Å². The van der Waals surface area contributed by atoms with Gasteiger partial charge in [-0.15, -0.1) is 0 Å². The van der Waals surface area contributed by atoms with Crippen LogP contribution in [0, 0.1) is 23.7 Å². The van der Waals surface area contributed by atoms with Crippen LogP contribution in [0.5, 0.6) is 0 Å². The number of likely N-dealkylation sites (tertiary alicyclic amines) is 1. The lowest BCUT2D eigenvalue weighted by molar-refractivity contribution is -0.155. The zero-order chi connectivity index (χ0) is 25.4. The van der Waals surface area contributed by atoms with Gasteiger partial charge in [0.2, 0.25) is 11.8 Å². The third-order valence-corrected chi connectivity index (χ3v) is 7.33. The van der Waals surface area contributed by atoms with E-state index in [1.165, 1.54) is 0 Å². The number of benzene rings is 1. The number of carbonyl (C=O) groups excluding carboxylic acids is 3. The Balaban J connectivity index is 1.92. The highest BCUT2D eigenvalue weighted by Crippen LogP contribution is 2.46. The zero-order valence-electron chi connectivity index (χ0n) is 20.6. The van der Waals surface area contributed by atoms with Crippen LogP contribution in [-0.2, 0) is 19.1 Å². The lowest BCUT2D eigenvalue weighted by atomic mass is 9.69. The van der Waals surface area contributed by atoms with Gasteiger partial charge in [-0.1, -0.05) is 62.1 Å². The lowest BCUT2D eigenvalue weighted by Gasteiger charge is -2.33. The largest absolute Gasteiger partial charge is 0.466 e. The number of allylic oxidation sites excluding steroid dienone is 1. The molecule has 3 rings (SSSR count). The van der Waals surface area contributed by atoms with Gasteiger partial charge in [0.1, 0.15) is 6.04 Å². The van der Waals surface area contributed by atoms with Crippen molar-refractivity contribution in [3.63, 3.8) is 0 Å². The van der Waals surface area contributed by atoms with E-state index in [0.717, 1.165) is 25.7 Å². The van der Waals surface area contributed by atoms with Crippen molar-refractivity contribution < 1.29 is 24.2 Å². The van der Waals surface area contributed by atoms with Crippen molar-refractivity contribution >= 4 is 35.1 Å². The second kappa shape index (κ2) is 13.1. The summed E-state index contributed by atoms with van der Waals surface area (Å²) in [7, 11) is 0. The van der Waals surface area contributed by atoms with E-state index in [1.807, 2.05) is 12.2 Å². The number of para-hydroxylation sites is 1. The Kier molecular flexibility index (Phi) is 10.2. The molecule has 7 nitrogen and oxygen atoms in total. The minimum atomic E-state index is -0.739. The summed E-state index contributed by atoms with van der Waals surface area (Å²) >= 11 is 6.27. The van der Waals surface area contributed by atoms with E-state index in [4.69, 9.17) is 21.4 Å². The molecule has 5 atom stereocenters. The standard InChI is InChI=1S/C27H37ClN2O5/c1-3-11-18-14-15-19-23(22(18)27(34)35-4-2)26(33)30(16-9-5-6-10-17-31)24(19)25(32)29-21-13-8-7-12-20(21)28/h7-8,12-15,18-19,22-24,31H,3-6,9-11,16-17H2,1-2H3,(H,29,32)/t18-,19+,22-,23-,24+/m1/s1. The topological polar surface area (TPSA) is 95.9 Å². The second-order valence-corrected chi connectivity index (χ2v) is 9.71. The molecule has 2 aliphatic rings. The number of hydrogen-bond acceptors (Lipinski definition) is 5. The first-order chi connectivity index (χ1) is 16.9. The third kappa shape index (κ3) is 6.25. The van der Waals surface area contributed by atoms with Gasteiger partial charge in [-0.05, 0) is 44.2 Å². The molecule has 8 heteroatoms. The van der Waals surface area contributed by atoms with Gasteiger partial charge in [-0.2, -0.15) is 0 Å². The van der Waals surface area contributed by atoms with E-state index in [2.05, 4.69) is 12.2 Å². The van der Waals surface area contributed by atoms with Crippen LogP contribution in [0.15, 0.2) is 36.4 Å². The number of hydrogen-bond donors (Lipinski definition) is 2. The Bertz CT molecular complexity index is 921. The molecule has 0 unspecified atom stereocenters. The molecule has 1 aliphatic heterocycles. The number of amides is 2. The highest BCUT2D eigenvalue weighted by atomic mass is 35.5. The molecule has 2 amide bonds. The molecule has 192 valence electrons. The van der Waals surface area contributed by atoms with E-state index < -0.39 is 23.8 Å². The monoisotopic (exact) mass is 504 g/mol. The zero-order valence-corrected chi connectivity index (χ0v) is 21.4. The summed E-state index contributed by atoms with van der Waals surface area (Å²) in [6.45, 7) is 4.61. The van der Waals surface area contributed by atoms with Crippen LogP contribution >= 0.6 is 11.6 Å². The number of ether oxygens (including phenoxy) is 1. The summed E-state index contributed by atoms with van der Waals surface area (Å²) in [6, 6.07) is 6.26. The molecule has 2 N–H and O–H groups in total. The molecule has 1 fully saturated rings. The van der Waals surface area contributed by atoms with Crippen molar-refractivity contribution in [2.75, 3.05) is 25.1 Å². The number of rotatable bonds is 12. The maximum Gasteiger partial charge on any atom is 0.310 e. The number of halogens is 1. The van der Waals surface area contributed by atoms with Crippen molar-refractivity contribution in [1.82, 2.24) is 4.90 Å². The van der Waals surface area contributed by atoms with E-state index in [-0.39, 0.29) is 36.9 Å². The van der Waals surface area contributed by atoms with Crippen LogP contribution in [0.4, 0.5) is 5.69 Å². The van der Waals surface area contributed by atoms with Gasteiger partial charge < -0.3 is 20.1 Å². The van der Waals surface area contributed by atoms with Gasteiger partial charge in [-0.3, -0.25) is 14.4 Å². The van der Waals surface area contributed by atoms with Gasteiger partial charge in [0.05, 0.1) is 29.2 Å². The molecule has 0 radical (unpaired) electrons. The minimum Gasteiger partial charge on any atom is -0.466 e. The molecule has 0 aromatic heterocycles. The van der Waals surface area contributed by atoms with Crippen LogP contribution in [0.1, 0.15) is 52.4 Å². The number of esters is 1. The Labute approximate surface area is 212 Å². The predicted octanol–water partition coefficient (Wildman–Crippen LogP) is 4.44. The second-order valence-electron chi connectivity index (χ2n) is 9.30. The van der Waals surface area contributed by atoms with Crippen LogP contribution in [0.3, 0.4) is 0 Å². The van der Waals surface area contributed by atoms with Crippen molar-refractivity contribution in [3.05, 3.63) is 41.4 Å². The number of anilines is 1. The van der Waals surface area contributed by atoms with Gasteiger partial charge in [-0.25, -0.2) is 0 Å². The summed E-state index contributed by atoms with van der Waals surface area (Å²) in [5.74, 6) is -2.60. The maximum absolute atomic E-state index is 13.8. The van der Waals surface area contributed by atoms with Crippen LogP contribution < -0.4 is 5.32 Å². The van der Waals surface area contributed by atoms with E-state index >= 15 is 0 Å². The number of unbranched alkanes of at least 4 members (excludes halogenated alkanes) is 3. The fourth-order valence-electron chi connectivity index (χ4n) is 5.42. The lowest BCUT2D eigenvalue weighted by Crippen LogP contribution is -2.44. The first-order valence-electron chi connectivity index (χ1n) is 12.8. The quantitative estimate of drug-likeness (QED) is 0.249. The summed E-state index contributed by atoms with van der Waals surface area (Å²) in [5.41, 5.74) is 0.489. The summed E-state index contributed by atoms with van der Waals surface area (Å²) in [6.07, 6.45) is 8.73. The highest BCUT2D eigenvalue weighted by Gasteiger charge is 2.57. The van der Waals surface area contributed by atoms with Crippen LogP contribution in [0.25, 0.3) is 0 Å². The summed E-state index contributed by atoms with van der Waals surface area (Å²) in [5, 5.41) is 12.4. The fraction of sp³-hybridized carbons (Fsp3) is 0.593. The molecular weight excluding hydrogens is 468 g/mol. The molecule has 1 aromatic rings. The van der Waals surface area contributed by atoms with Gasteiger partial charge in [0.15, 0.2) is 0 Å². The number of nitrogens with zero attached hydrogens (tertiary/aromatic N) is 1. The van der Waals surface area contributed by atoms with E-state index in [0.29, 0.717) is 30.1 Å². The smallest absolute Gasteiger partial charge is 0.310 e. The van der Waals surface area contributed by atoms with Gasteiger partial charge in [0, 0.05) is 19.1 Å². The number of aliphatic hydroxyl groups excluding tert-OH is 1. The normalized spacial score (nSPS) is 25.4. The van der Waals surface area contributed by atoms with Crippen LogP contribution in [-0.4, -0.2) is 53.6 Å². The Hall–Kier alpha value is -2.38. The molecule has 35 heavy (non-hydrogen) atoms. The van der Waals surface area contributed by atoms with Crippen molar-refractivity contribution in [1.29, 1.82) is 0 Å². The van der Waals surface area contributed by atoms with Gasteiger partial charge in [0.25, 0.3) is 0 Å². The van der Waals surface area contributed by atoms with Gasteiger partial charge >= 0.3 is 5.97 Å². The number of nitrogens with one attached hydrogen (secondary N) is 1. The van der Waals surface area contributed by atoms with E-state index in [9.17, 15) is 14.4 Å². The average molecular weight is 505 g/mol. The summed E-state index contributed by atoms with van der Waals surface area (Å²) < 4.78 is 5.40. The van der Waals surface area contributed by atoms with Crippen molar-refractivity contribution in [2.45, 2.75) is 58.4 Å². The fourth-order valence-corrected chi connectivity index (χ4v) is 5.61. The molecule has 0 saturated carbocycles. The Morgan fingerprint density at radius 1 is 1.11 bits per heavy atom. The SMILES string of the molecule is CCC[C@@H]1C=C[C@H]2[C@@H](C(=O)N(CCCCCCO)[C@@H]2C(=O)Nc2ccccc2Cl)[C@@H]1C(=O)OCC. The molecular formula is C27H37ClN2O5. The number of carbonyl (C=O) groups is 3. The van der Waals surface area contributed by atoms with Crippen molar-refractivity contribution in [2.24, 2.45) is 23.7 Å². The molecule has 1 saturated heterocycles. The first kappa shape index (κ1) is 27.2. The summed E-state index contributed by atoms with van der Waals surface area (Å²) in [4.78, 5) is 42.1. The molecule has 0 bridgehead atoms. The van der Waals surface area contributed by atoms with Crippen molar-refractivity contribution in [3.8, 4) is 0 Å². The minimum absolute atomic E-state index is 0.0963. The molecule has 1 aromatic carbocycles. The first-order valence-corrected chi connectivity index (χ1v) is 13.1. The average Bonchev–Trinajstić information content (AvgIpc) is 3.12. The maximum atomic E-state index is 13.8. The Morgan fingerprint density at radius 2 is 1.86 bits per heavy atom. The number of aliphatic hydroxyl groups is 1.